The maximum Gasteiger partial charge on any atom is 0.125 e. The molecule has 2 atom stereocenters. The molecule has 1 aromatic carbocycles. The van der Waals surface area contributed by atoms with E-state index in [2.05, 4.69) is 15.9 Å². The molecule has 1 rings (SSSR count). The number of rotatable bonds is 5. The molecule has 1 unspecified atom stereocenters. The van der Waals surface area contributed by atoms with Crippen LogP contribution < -0.4 is 10.5 Å². The minimum atomic E-state index is -0.0437. The Labute approximate surface area is 105 Å². The van der Waals surface area contributed by atoms with Crippen molar-refractivity contribution in [2.75, 3.05) is 13.7 Å². The van der Waals surface area contributed by atoms with Gasteiger partial charge >= 0.3 is 0 Å². The number of hydrogen-bond donors (Lipinski definition) is 1. The molecular formula is C12H18BrNO2. The third-order valence-electron chi connectivity index (χ3n) is 2.20. The Balaban J connectivity index is 2.87. The SMILES string of the molecule is COCC(C)Oc1cc(Br)ccc1[C@@H](C)N. The van der Waals surface area contributed by atoms with Gasteiger partial charge in [-0.25, -0.2) is 0 Å². The van der Waals surface area contributed by atoms with Gasteiger partial charge in [0.25, 0.3) is 0 Å². The Bertz CT molecular complexity index is 342. The van der Waals surface area contributed by atoms with Gasteiger partial charge in [0, 0.05) is 23.2 Å². The Morgan fingerprint density at radius 3 is 2.62 bits per heavy atom. The van der Waals surface area contributed by atoms with Crippen LogP contribution in [0, 0.1) is 0 Å². The van der Waals surface area contributed by atoms with E-state index in [4.69, 9.17) is 15.2 Å². The van der Waals surface area contributed by atoms with E-state index < -0.39 is 0 Å². The van der Waals surface area contributed by atoms with E-state index in [9.17, 15) is 0 Å². The fourth-order valence-corrected chi connectivity index (χ4v) is 1.81. The van der Waals surface area contributed by atoms with Crippen molar-refractivity contribution in [3.05, 3.63) is 28.2 Å². The lowest BCUT2D eigenvalue weighted by Crippen LogP contribution is -2.19. The Kier molecular flexibility index (Phi) is 5.25. The number of halogens is 1. The van der Waals surface area contributed by atoms with Gasteiger partial charge < -0.3 is 15.2 Å². The first-order chi connectivity index (χ1) is 7.54. The molecule has 0 heterocycles. The van der Waals surface area contributed by atoms with Crippen molar-refractivity contribution >= 4 is 15.9 Å². The molecule has 0 fully saturated rings. The first-order valence-corrected chi connectivity index (χ1v) is 6.04. The molecule has 0 aromatic heterocycles. The molecule has 0 aliphatic rings. The molecule has 1 aromatic rings. The van der Waals surface area contributed by atoms with Crippen LogP contribution in [0.3, 0.4) is 0 Å². The standard InChI is InChI=1S/C12H18BrNO2/c1-8(7-15-3)16-12-6-10(13)4-5-11(12)9(2)14/h4-6,8-9H,7,14H2,1-3H3/t8?,9-/m1/s1. The summed E-state index contributed by atoms with van der Waals surface area (Å²) < 4.78 is 11.8. The largest absolute Gasteiger partial charge is 0.488 e. The van der Waals surface area contributed by atoms with Crippen molar-refractivity contribution in [2.24, 2.45) is 5.73 Å². The van der Waals surface area contributed by atoms with Crippen molar-refractivity contribution in [3.63, 3.8) is 0 Å². The van der Waals surface area contributed by atoms with E-state index in [1.54, 1.807) is 7.11 Å². The molecule has 3 nitrogen and oxygen atoms in total. The molecule has 0 spiro atoms. The van der Waals surface area contributed by atoms with Crippen LogP contribution in [0.15, 0.2) is 22.7 Å². The summed E-state index contributed by atoms with van der Waals surface area (Å²) in [7, 11) is 1.66. The maximum atomic E-state index is 5.89. The Hall–Kier alpha value is -0.580. The van der Waals surface area contributed by atoms with Gasteiger partial charge in [-0.05, 0) is 26.0 Å². The average molecular weight is 288 g/mol. The third-order valence-corrected chi connectivity index (χ3v) is 2.69. The highest BCUT2D eigenvalue weighted by atomic mass is 79.9. The van der Waals surface area contributed by atoms with E-state index in [1.807, 2.05) is 32.0 Å². The normalized spacial score (nSPS) is 14.6. The second kappa shape index (κ2) is 6.23. The Morgan fingerprint density at radius 1 is 1.38 bits per heavy atom. The quantitative estimate of drug-likeness (QED) is 0.906. The van der Waals surface area contributed by atoms with E-state index in [0.717, 1.165) is 15.8 Å². The first kappa shape index (κ1) is 13.5. The van der Waals surface area contributed by atoms with Gasteiger partial charge in [0.2, 0.25) is 0 Å². The lowest BCUT2D eigenvalue weighted by atomic mass is 10.1. The van der Waals surface area contributed by atoms with Gasteiger partial charge in [0.05, 0.1) is 6.61 Å². The lowest BCUT2D eigenvalue weighted by molar-refractivity contribution is 0.0912. The zero-order chi connectivity index (χ0) is 12.1. The molecule has 0 amide bonds. The summed E-state index contributed by atoms with van der Waals surface area (Å²) in [5.74, 6) is 0.814. The summed E-state index contributed by atoms with van der Waals surface area (Å²) in [6.07, 6.45) is 0.0109. The van der Waals surface area contributed by atoms with Crippen LogP contribution in [-0.2, 0) is 4.74 Å². The molecule has 0 saturated carbocycles. The third kappa shape index (κ3) is 3.77. The van der Waals surface area contributed by atoms with Crippen LogP contribution >= 0.6 is 15.9 Å². The smallest absolute Gasteiger partial charge is 0.125 e. The number of nitrogens with two attached hydrogens (primary N) is 1. The Morgan fingerprint density at radius 2 is 2.06 bits per heavy atom. The molecule has 4 heteroatoms. The zero-order valence-electron chi connectivity index (χ0n) is 9.87. The number of methoxy groups -OCH3 is 1. The van der Waals surface area contributed by atoms with Crippen LogP contribution in [0.2, 0.25) is 0 Å². The van der Waals surface area contributed by atoms with E-state index in [1.165, 1.54) is 0 Å². The second-order valence-electron chi connectivity index (χ2n) is 3.85. The molecule has 0 radical (unpaired) electrons. The van der Waals surface area contributed by atoms with Crippen LogP contribution in [0.4, 0.5) is 0 Å². The van der Waals surface area contributed by atoms with E-state index >= 15 is 0 Å². The van der Waals surface area contributed by atoms with Gasteiger partial charge in [-0.3, -0.25) is 0 Å². The summed E-state index contributed by atoms with van der Waals surface area (Å²) in [6, 6.07) is 5.83. The predicted octanol–water partition coefficient (Wildman–Crippen LogP) is 2.88. The summed E-state index contributed by atoms with van der Waals surface area (Å²) in [6.45, 7) is 4.47. The molecule has 0 saturated heterocycles. The number of ether oxygens (including phenoxy) is 2. The van der Waals surface area contributed by atoms with Crippen LogP contribution in [0.1, 0.15) is 25.5 Å². The van der Waals surface area contributed by atoms with Gasteiger partial charge in [-0.15, -0.1) is 0 Å². The minimum absolute atomic E-state index is 0.0109. The van der Waals surface area contributed by atoms with Crippen LogP contribution in [0.5, 0.6) is 5.75 Å². The van der Waals surface area contributed by atoms with Gasteiger partial charge in [0.15, 0.2) is 0 Å². The number of benzene rings is 1. The van der Waals surface area contributed by atoms with Gasteiger partial charge in [-0.1, -0.05) is 22.0 Å². The monoisotopic (exact) mass is 287 g/mol. The average Bonchev–Trinajstić information content (AvgIpc) is 2.17. The molecule has 16 heavy (non-hydrogen) atoms. The first-order valence-electron chi connectivity index (χ1n) is 5.25. The van der Waals surface area contributed by atoms with Crippen molar-refractivity contribution in [2.45, 2.75) is 26.0 Å². The fourth-order valence-electron chi connectivity index (χ4n) is 1.47. The highest BCUT2D eigenvalue weighted by Crippen LogP contribution is 2.28. The van der Waals surface area contributed by atoms with Crippen LogP contribution in [0.25, 0.3) is 0 Å². The molecule has 0 bridgehead atoms. The van der Waals surface area contributed by atoms with Crippen molar-refractivity contribution in [3.8, 4) is 5.75 Å². The van der Waals surface area contributed by atoms with E-state index in [0.29, 0.717) is 6.61 Å². The maximum absolute atomic E-state index is 5.89. The molecule has 0 aliphatic carbocycles. The van der Waals surface area contributed by atoms with Crippen molar-refractivity contribution in [1.29, 1.82) is 0 Å². The van der Waals surface area contributed by atoms with Crippen molar-refractivity contribution < 1.29 is 9.47 Å². The zero-order valence-corrected chi connectivity index (χ0v) is 11.5. The summed E-state index contributed by atoms with van der Waals surface area (Å²) in [4.78, 5) is 0. The van der Waals surface area contributed by atoms with Gasteiger partial charge in [0.1, 0.15) is 11.9 Å². The second-order valence-corrected chi connectivity index (χ2v) is 4.77. The molecule has 0 aliphatic heterocycles. The number of hydrogen-bond acceptors (Lipinski definition) is 3. The minimum Gasteiger partial charge on any atom is -0.488 e. The van der Waals surface area contributed by atoms with Crippen molar-refractivity contribution in [1.82, 2.24) is 0 Å². The predicted molar refractivity (Wildman–Crippen MR) is 68.7 cm³/mol. The molecule has 90 valence electrons. The van der Waals surface area contributed by atoms with Gasteiger partial charge in [-0.2, -0.15) is 0 Å². The highest BCUT2D eigenvalue weighted by Gasteiger charge is 2.11. The molecule has 2 N–H and O–H groups in total. The summed E-state index contributed by atoms with van der Waals surface area (Å²) in [5, 5.41) is 0. The summed E-state index contributed by atoms with van der Waals surface area (Å²) in [5.41, 5.74) is 6.89. The summed E-state index contributed by atoms with van der Waals surface area (Å²) >= 11 is 3.42. The topological polar surface area (TPSA) is 44.5 Å². The van der Waals surface area contributed by atoms with Crippen LogP contribution in [-0.4, -0.2) is 19.8 Å². The molecular weight excluding hydrogens is 270 g/mol. The fraction of sp³-hybridized carbons (Fsp3) is 0.500. The lowest BCUT2D eigenvalue weighted by Gasteiger charge is -2.18. The highest BCUT2D eigenvalue weighted by molar-refractivity contribution is 9.10. The van der Waals surface area contributed by atoms with E-state index in [-0.39, 0.29) is 12.1 Å².